The van der Waals surface area contributed by atoms with Gasteiger partial charge in [-0.1, -0.05) is 40.7 Å². The highest BCUT2D eigenvalue weighted by Crippen LogP contribution is 2.20. The van der Waals surface area contributed by atoms with E-state index in [0.717, 1.165) is 5.56 Å². The third kappa shape index (κ3) is 4.65. The second-order valence-corrected chi connectivity index (χ2v) is 5.76. The van der Waals surface area contributed by atoms with Crippen LogP contribution in [0.2, 0.25) is 0 Å². The molecule has 0 amide bonds. The van der Waals surface area contributed by atoms with Gasteiger partial charge in [-0.3, -0.25) is 0 Å². The minimum absolute atomic E-state index is 0.124. The second-order valence-electron chi connectivity index (χ2n) is 5.76. The number of aliphatic hydroxyl groups is 1. The number of rotatable bonds is 3. The molecule has 17 heavy (non-hydrogen) atoms. The summed E-state index contributed by atoms with van der Waals surface area (Å²) in [6.07, 6.45) is 6.88. The van der Waals surface area contributed by atoms with Crippen LogP contribution in [-0.2, 0) is 0 Å². The van der Waals surface area contributed by atoms with Crippen molar-refractivity contribution in [1.82, 2.24) is 9.97 Å². The first-order valence-electron chi connectivity index (χ1n) is 5.99. The monoisotopic (exact) mass is 234 g/mol. The van der Waals surface area contributed by atoms with Crippen molar-refractivity contribution in [2.45, 2.75) is 40.7 Å². The average molecular weight is 234 g/mol. The minimum Gasteiger partial charge on any atom is -0.388 e. The molecule has 94 valence electrons. The standard InChI is InChI=1S/C14H22N2O/c1-10(2)13(17)11-8-15-12(16-9-11)6-7-14(3,4)5/h6-10,13,17H,1-5H3/b7-6+/t13-/m0/s1. The Morgan fingerprint density at radius 3 is 2.12 bits per heavy atom. The zero-order chi connectivity index (χ0) is 13.1. The van der Waals surface area contributed by atoms with Gasteiger partial charge in [0, 0.05) is 18.0 Å². The third-order valence-electron chi connectivity index (χ3n) is 2.40. The lowest BCUT2D eigenvalue weighted by atomic mass is 9.96. The quantitative estimate of drug-likeness (QED) is 0.873. The van der Waals surface area contributed by atoms with Crippen LogP contribution >= 0.6 is 0 Å². The molecular weight excluding hydrogens is 212 g/mol. The van der Waals surface area contributed by atoms with Crippen LogP contribution in [0.1, 0.15) is 52.1 Å². The van der Waals surface area contributed by atoms with Crippen LogP contribution in [0.15, 0.2) is 18.5 Å². The van der Waals surface area contributed by atoms with Gasteiger partial charge in [-0.05, 0) is 17.4 Å². The molecule has 0 bridgehead atoms. The van der Waals surface area contributed by atoms with Crippen molar-refractivity contribution in [2.24, 2.45) is 11.3 Å². The number of aromatic nitrogens is 2. The van der Waals surface area contributed by atoms with Crippen molar-refractivity contribution in [3.63, 3.8) is 0 Å². The Kier molecular flexibility index (Phi) is 4.40. The molecule has 0 spiro atoms. The fourth-order valence-corrected chi connectivity index (χ4v) is 1.30. The largest absolute Gasteiger partial charge is 0.388 e. The van der Waals surface area contributed by atoms with E-state index in [1.54, 1.807) is 12.4 Å². The Morgan fingerprint density at radius 1 is 1.18 bits per heavy atom. The Labute approximate surface area is 104 Å². The van der Waals surface area contributed by atoms with Crippen LogP contribution in [-0.4, -0.2) is 15.1 Å². The zero-order valence-electron chi connectivity index (χ0n) is 11.3. The van der Waals surface area contributed by atoms with Crippen LogP contribution in [0, 0.1) is 11.3 Å². The maximum absolute atomic E-state index is 9.85. The van der Waals surface area contributed by atoms with Crippen LogP contribution in [0.3, 0.4) is 0 Å². The van der Waals surface area contributed by atoms with Crippen molar-refractivity contribution in [1.29, 1.82) is 0 Å². The molecule has 0 aliphatic heterocycles. The van der Waals surface area contributed by atoms with Crippen molar-refractivity contribution in [2.75, 3.05) is 0 Å². The van der Waals surface area contributed by atoms with E-state index in [4.69, 9.17) is 0 Å². The first-order valence-corrected chi connectivity index (χ1v) is 5.99. The molecule has 1 aromatic rings. The van der Waals surface area contributed by atoms with Crippen LogP contribution < -0.4 is 0 Å². The summed E-state index contributed by atoms with van der Waals surface area (Å²) >= 11 is 0. The average Bonchev–Trinajstić information content (AvgIpc) is 2.25. The van der Waals surface area contributed by atoms with Gasteiger partial charge in [0.15, 0.2) is 5.82 Å². The SMILES string of the molecule is CC(C)[C@H](O)c1cnc(/C=C/C(C)(C)C)nc1. The number of hydrogen-bond donors (Lipinski definition) is 1. The Balaban J connectivity index is 2.79. The first kappa shape index (κ1) is 13.8. The van der Waals surface area contributed by atoms with Crippen molar-refractivity contribution >= 4 is 6.08 Å². The Hall–Kier alpha value is -1.22. The summed E-state index contributed by atoms with van der Waals surface area (Å²) in [5.41, 5.74) is 0.896. The molecule has 0 saturated heterocycles. The van der Waals surface area contributed by atoms with Crippen molar-refractivity contribution in [3.8, 4) is 0 Å². The lowest BCUT2D eigenvalue weighted by Gasteiger charge is -2.14. The van der Waals surface area contributed by atoms with E-state index in [-0.39, 0.29) is 11.3 Å². The lowest BCUT2D eigenvalue weighted by molar-refractivity contribution is 0.126. The molecule has 1 heterocycles. The highest BCUT2D eigenvalue weighted by Gasteiger charge is 2.12. The molecule has 1 aromatic heterocycles. The molecule has 0 aliphatic rings. The van der Waals surface area contributed by atoms with Gasteiger partial charge in [0.1, 0.15) is 0 Å². The molecule has 1 rings (SSSR count). The predicted octanol–water partition coefficient (Wildman–Crippen LogP) is 3.23. The van der Waals surface area contributed by atoms with Gasteiger partial charge in [0.2, 0.25) is 0 Å². The first-order chi connectivity index (χ1) is 7.79. The van der Waals surface area contributed by atoms with Gasteiger partial charge < -0.3 is 5.11 Å². The van der Waals surface area contributed by atoms with Gasteiger partial charge in [-0.15, -0.1) is 0 Å². The van der Waals surface area contributed by atoms with E-state index in [9.17, 15) is 5.11 Å². The molecule has 0 aromatic carbocycles. The van der Waals surface area contributed by atoms with Gasteiger partial charge >= 0.3 is 0 Å². The molecular formula is C14H22N2O. The summed E-state index contributed by atoms with van der Waals surface area (Å²) in [5, 5.41) is 9.85. The highest BCUT2D eigenvalue weighted by atomic mass is 16.3. The smallest absolute Gasteiger partial charge is 0.151 e. The summed E-state index contributed by atoms with van der Waals surface area (Å²) in [6.45, 7) is 10.3. The molecule has 0 saturated carbocycles. The van der Waals surface area contributed by atoms with E-state index < -0.39 is 6.10 Å². The lowest BCUT2D eigenvalue weighted by Crippen LogP contribution is -2.07. The van der Waals surface area contributed by atoms with E-state index in [1.807, 2.05) is 19.9 Å². The maximum Gasteiger partial charge on any atom is 0.151 e. The van der Waals surface area contributed by atoms with Crippen LogP contribution in [0.25, 0.3) is 6.08 Å². The Morgan fingerprint density at radius 2 is 1.71 bits per heavy atom. The van der Waals surface area contributed by atoms with Crippen molar-refractivity contribution < 1.29 is 5.11 Å². The molecule has 3 heteroatoms. The van der Waals surface area contributed by atoms with Crippen molar-refractivity contribution in [3.05, 3.63) is 29.9 Å². The molecule has 1 atom stereocenters. The van der Waals surface area contributed by atoms with Gasteiger partial charge in [-0.25, -0.2) is 9.97 Å². The molecule has 1 N–H and O–H groups in total. The number of nitrogens with zero attached hydrogens (tertiary/aromatic N) is 2. The molecule has 0 fully saturated rings. The fraction of sp³-hybridized carbons (Fsp3) is 0.571. The highest BCUT2D eigenvalue weighted by molar-refractivity contribution is 5.40. The van der Waals surface area contributed by atoms with Crippen LogP contribution in [0.4, 0.5) is 0 Å². The van der Waals surface area contributed by atoms with E-state index in [0.29, 0.717) is 5.82 Å². The van der Waals surface area contributed by atoms with E-state index in [2.05, 4.69) is 36.8 Å². The summed E-state index contributed by atoms with van der Waals surface area (Å²) in [4.78, 5) is 8.45. The fourth-order valence-electron chi connectivity index (χ4n) is 1.30. The van der Waals surface area contributed by atoms with E-state index >= 15 is 0 Å². The Bertz CT molecular complexity index is 374. The normalized spacial score (nSPS) is 14.5. The third-order valence-corrected chi connectivity index (χ3v) is 2.40. The molecule has 0 unspecified atom stereocenters. The zero-order valence-corrected chi connectivity index (χ0v) is 11.3. The van der Waals surface area contributed by atoms with Gasteiger partial charge in [-0.2, -0.15) is 0 Å². The summed E-state index contributed by atoms with van der Waals surface area (Å²) in [6, 6.07) is 0. The topological polar surface area (TPSA) is 46.0 Å². The summed E-state index contributed by atoms with van der Waals surface area (Å²) < 4.78 is 0. The maximum atomic E-state index is 9.85. The second kappa shape index (κ2) is 5.41. The van der Waals surface area contributed by atoms with Crippen LogP contribution in [0.5, 0.6) is 0 Å². The summed E-state index contributed by atoms with van der Waals surface area (Å²) in [7, 11) is 0. The van der Waals surface area contributed by atoms with Gasteiger partial charge in [0.05, 0.1) is 6.10 Å². The molecule has 0 radical (unpaired) electrons. The molecule has 3 nitrogen and oxygen atoms in total. The molecule has 0 aliphatic carbocycles. The van der Waals surface area contributed by atoms with E-state index in [1.165, 1.54) is 0 Å². The summed E-state index contributed by atoms with van der Waals surface area (Å²) in [5.74, 6) is 0.856. The van der Waals surface area contributed by atoms with Gasteiger partial charge in [0.25, 0.3) is 0 Å². The number of hydrogen-bond acceptors (Lipinski definition) is 3. The number of allylic oxidation sites excluding steroid dienone is 1. The number of aliphatic hydroxyl groups excluding tert-OH is 1. The minimum atomic E-state index is -0.490. The predicted molar refractivity (Wildman–Crippen MR) is 70.3 cm³/mol.